The molecule has 0 spiro atoms. The van der Waals surface area contributed by atoms with Crippen LogP contribution in [0, 0.1) is 5.82 Å². The third-order valence-electron chi connectivity index (χ3n) is 2.68. The molecule has 0 fully saturated rings. The summed E-state index contributed by atoms with van der Waals surface area (Å²) in [5, 5.41) is 0. The van der Waals surface area contributed by atoms with Crippen LogP contribution >= 0.6 is 0 Å². The maximum Gasteiger partial charge on any atom is 0.123 e. The number of hydrogen-bond donors (Lipinski definition) is 1. The molecule has 2 aromatic carbocycles. The van der Waals surface area contributed by atoms with E-state index in [-0.39, 0.29) is 18.2 Å². The first-order valence-corrected chi connectivity index (χ1v) is 6.03. The van der Waals surface area contributed by atoms with Crippen molar-refractivity contribution in [1.82, 2.24) is 0 Å². The van der Waals surface area contributed by atoms with E-state index in [0.717, 1.165) is 24.3 Å². The molecular weight excluding hydrogens is 265 g/mol. The summed E-state index contributed by atoms with van der Waals surface area (Å²) in [5.41, 5.74) is 5.90. The van der Waals surface area contributed by atoms with Gasteiger partial charge in [-0.15, -0.1) is 0 Å². The molecule has 0 aliphatic heterocycles. The van der Waals surface area contributed by atoms with Crippen molar-refractivity contribution in [3.05, 3.63) is 65.5 Å². The maximum absolute atomic E-state index is 13.0. The minimum absolute atomic E-state index is 0. The lowest BCUT2D eigenvalue weighted by Crippen LogP contribution is -3.00. The van der Waals surface area contributed by atoms with Crippen LogP contribution in [-0.4, -0.2) is 6.54 Å². The Morgan fingerprint density at radius 2 is 1.74 bits per heavy atom. The van der Waals surface area contributed by atoms with Crippen LogP contribution in [0.4, 0.5) is 4.39 Å². The summed E-state index contributed by atoms with van der Waals surface area (Å²) in [5.74, 6) is 0.564. The van der Waals surface area contributed by atoms with Crippen molar-refractivity contribution in [2.75, 3.05) is 6.54 Å². The zero-order valence-electron chi connectivity index (χ0n) is 10.6. The standard InChI is InChI=1S/C15H16FNO.ClH/c16-14-3-1-2-13(10-14)11-18-15-6-4-12(5-7-15)8-9-17;/h1-7,10H,8-9,11,17H2;1H. The molecule has 102 valence electrons. The predicted molar refractivity (Wildman–Crippen MR) is 68.6 cm³/mol. The second-order valence-electron chi connectivity index (χ2n) is 4.17. The Morgan fingerprint density at radius 3 is 2.37 bits per heavy atom. The monoisotopic (exact) mass is 281 g/mol. The number of ether oxygens (including phenoxy) is 1. The van der Waals surface area contributed by atoms with Crippen LogP contribution in [0.2, 0.25) is 0 Å². The second-order valence-corrected chi connectivity index (χ2v) is 4.17. The molecular formula is C15H17ClFNO. The molecule has 0 saturated carbocycles. The molecule has 2 nitrogen and oxygen atoms in total. The molecule has 2 aromatic rings. The first kappa shape index (κ1) is 15.5. The summed E-state index contributed by atoms with van der Waals surface area (Å²) in [4.78, 5) is 0. The van der Waals surface area contributed by atoms with Gasteiger partial charge in [-0.2, -0.15) is 0 Å². The second kappa shape index (κ2) is 7.77. The summed E-state index contributed by atoms with van der Waals surface area (Å²) < 4.78 is 18.6. The van der Waals surface area contributed by atoms with Crippen LogP contribution in [0.5, 0.6) is 5.75 Å². The lowest BCUT2D eigenvalue weighted by molar-refractivity contribution is -0.366. The highest BCUT2D eigenvalue weighted by Crippen LogP contribution is 2.14. The fourth-order valence-corrected chi connectivity index (χ4v) is 1.75. The van der Waals surface area contributed by atoms with Crippen LogP contribution in [0.25, 0.3) is 0 Å². The van der Waals surface area contributed by atoms with Crippen molar-refractivity contribution in [1.29, 1.82) is 0 Å². The smallest absolute Gasteiger partial charge is 0.123 e. The normalized spacial score (nSPS) is 9.79. The third-order valence-corrected chi connectivity index (χ3v) is 2.68. The van der Waals surface area contributed by atoms with Gasteiger partial charge in [0.15, 0.2) is 0 Å². The SMILES string of the molecule is [Cl-].[NH3+]CCc1ccc(OCc2cccc(F)c2)cc1. The Bertz CT molecular complexity index is 502. The summed E-state index contributed by atoms with van der Waals surface area (Å²) in [6.07, 6.45) is 0.976. The molecule has 19 heavy (non-hydrogen) atoms. The third kappa shape index (κ3) is 4.89. The maximum atomic E-state index is 13.0. The van der Waals surface area contributed by atoms with Crippen molar-refractivity contribution in [2.45, 2.75) is 13.0 Å². The topological polar surface area (TPSA) is 36.9 Å². The average Bonchev–Trinajstić information content (AvgIpc) is 2.38. The molecule has 0 atom stereocenters. The fourth-order valence-electron chi connectivity index (χ4n) is 1.75. The minimum Gasteiger partial charge on any atom is -1.00 e. The highest BCUT2D eigenvalue weighted by atomic mass is 35.5. The van der Waals surface area contributed by atoms with Gasteiger partial charge in [0.2, 0.25) is 0 Å². The number of quaternary nitrogens is 1. The largest absolute Gasteiger partial charge is 1.00 e. The Hall–Kier alpha value is -1.58. The van der Waals surface area contributed by atoms with Gasteiger partial charge in [0.05, 0.1) is 6.54 Å². The quantitative estimate of drug-likeness (QED) is 0.765. The Kier molecular flexibility index (Phi) is 6.33. The Labute approximate surface area is 118 Å². The Balaban J connectivity index is 0.00000180. The van der Waals surface area contributed by atoms with E-state index < -0.39 is 0 Å². The lowest BCUT2D eigenvalue weighted by Gasteiger charge is -2.07. The molecule has 0 amide bonds. The highest BCUT2D eigenvalue weighted by Gasteiger charge is 1.98. The summed E-state index contributed by atoms with van der Waals surface area (Å²) in [7, 11) is 0. The van der Waals surface area contributed by atoms with Gasteiger partial charge in [0, 0.05) is 6.42 Å². The van der Waals surface area contributed by atoms with E-state index in [1.54, 1.807) is 6.07 Å². The van der Waals surface area contributed by atoms with E-state index in [0.29, 0.717) is 6.61 Å². The first-order valence-electron chi connectivity index (χ1n) is 6.03. The van der Waals surface area contributed by atoms with E-state index in [9.17, 15) is 4.39 Å². The van der Waals surface area contributed by atoms with Gasteiger partial charge in [-0.05, 0) is 35.4 Å². The highest BCUT2D eigenvalue weighted by molar-refractivity contribution is 5.28. The number of benzene rings is 2. The number of halogens is 2. The van der Waals surface area contributed by atoms with Crippen LogP contribution in [0.1, 0.15) is 11.1 Å². The molecule has 0 bridgehead atoms. The predicted octanol–water partition coefficient (Wildman–Crippen LogP) is -0.807. The zero-order valence-corrected chi connectivity index (χ0v) is 11.4. The van der Waals surface area contributed by atoms with Gasteiger partial charge in [-0.25, -0.2) is 4.39 Å². The average molecular weight is 282 g/mol. The van der Waals surface area contributed by atoms with Crippen LogP contribution < -0.4 is 22.9 Å². The molecule has 0 heterocycles. The molecule has 0 unspecified atom stereocenters. The molecule has 2 rings (SSSR count). The molecule has 0 radical (unpaired) electrons. The zero-order chi connectivity index (χ0) is 12.8. The number of hydrogen-bond acceptors (Lipinski definition) is 1. The van der Waals surface area contributed by atoms with E-state index in [4.69, 9.17) is 4.74 Å². The van der Waals surface area contributed by atoms with Crippen molar-refractivity contribution in [3.8, 4) is 5.75 Å². The van der Waals surface area contributed by atoms with Crippen molar-refractivity contribution in [2.24, 2.45) is 0 Å². The summed E-state index contributed by atoms with van der Waals surface area (Å²) in [6.45, 7) is 1.27. The van der Waals surface area contributed by atoms with Crippen LogP contribution in [0.3, 0.4) is 0 Å². The van der Waals surface area contributed by atoms with E-state index in [1.807, 2.05) is 30.3 Å². The van der Waals surface area contributed by atoms with Gasteiger partial charge < -0.3 is 22.9 Å². The van der Waals surface area contributed by atoms with Crippen molar-refractivity contribution in [3.63, 3.8) is 0 Å². The van der Waals surface area contributed by atoms with E-state index in [2.05, 4.69) is 5.73 Å². The van der Waals surface area contributed by atoms with E-state index in [1.165, 1.54) is 17.7 Å². The number of rotatable bonds is 5. The van der Waals surface area contributed by atoms with Gasteiger partial charge in [-0.1, -0.05) is 24.3 Å². The van der Waals surface area contributed by atoms with Crippen molar-refractivity contribution >= 4 is 0 Å². The molecule has 3 N–H and O–H groups in total. The molecule has 4 heteroatoms. The van der Waals surface area contributed by atoms with Crippen molar-refractivity contribution < 1.29 is 27.3 Å². The van der Waals surface area contributed by atoms with Gasteiger partial charge in [0.25, 0.3) is 0 Å². The fraction of sp³-hybridized carbons (Fsp3) is 0.200. The molecule has 0 aliphatic carbocycles. The minimum atomic E-state index is -0.234. The van der Waals surface area contributed by atoms with Gasteiger partial charge in [-0.3, -0.25) is 0 Å². The lowest BCUT2D eigenvalue weighted by atomic mass is 10.1. The van der Waals surface area contributed by atoms with Gasteiger partial charge >= 0.3 is 0 Å². The summed E-state index contributed by atoms with van der Waals surface area (Å²) >= 11 is 0. The van der Waals surface area contributed by atoms with Crippen LogP contribution in [0.15, 0.2) is 48.5 Å². The Morgan fingerprint density at radius 1 is 1.00 bits per heavy atom. The summed E-state index contributed by atoms with van der Waals surface area (Å²) in [6, 6.07) is 14.4. The molecule has 0 saturated heterocycles. The first-order chi connectivity index (χ1) is 8.78. The van der Waals surface area contributed by atoms with Gasteiger partial charge in [0.1, 0.15) is 18.2 Å². The van der Waals surface area contributed by atoms with Crippen LogP contribution in [-0.2, 0) is 13.0 Å². The van der Waals surface area contributed by atoms with E-state index >= 15 is 0 Å². The molecule has 0 aliphatic rings. The molecule has 0 aromatic heterocycles.